The van der Waals surface area contributed by atoms with Crippen molar-refractivity contribution in [2.75, 3.05) is 26.4 Å². The predicted molar refractivity (Wildman–Crippen MR) is 121 cm³/mol. The number of carbonyl (C=O) groups is 2. The summed E-state index contributed by atoms with van der Waals surface area (Å²) in [4.78, 5) is 27.0. The minimum atomic E-state index is -0.840. The molecule has 0 bridgehead atoms. The maximum atomic E-state index is 12.9. The Hall–Kier alpha value is -3.32. The van der Waals surface area contributed by atoms with Gasteiger partial charge in [0.05, 0.1) is 31.4 Å². The van der Waals surface area contributed by atoms with E-state index in [2.05, 4.69) is 0 Å². The maximum Gasteiger partial charge on any atom is 0.295 e. The lowest BCUT2D eigenvalue weighted by Crippen LogP contribution is -2.32. The highest BCUT2D eigenvalue weighted by Crippen LogP contribution is 2.40. The van der Waals surface area contributed by atoms with Gasteiger partial charge in [0, 0.05) is 12.1 Å². The summed E-state index contributed by atoms with van der Waals surface area (Å²) in [6.07, 6.45) is 1.67. The third kappa shape index (κ3) is 4.94. The normalized spacial score (nSPS) is 17.6. The summed E-state index contributed by atoms with van der Waals surface area (Å²) in [5.74, 6) is -0.666. The van der Waals surface area contributed by atoms with Gasteiger partial charge in [-0.3, -0.25) is 9.59 Å². The second-order valence-corrected chi connectivity index (χ2v) is 7.51. The van der Waals surface area contributed by atoms with Gasteiger partial charge in [-0.05, 0) is 42.7 Å². The molecule has 1 fully saturated rings. The van der Waals surface area contributed by atoms with Crippen molar-refractivity contribution in [3.8, 4) is 11.5 Å². The van der Waals surface area contributed by atoms with Crippen molar-refractivity contribution in [2.45, 2.75) is 32.7 Å². The first kappa shape index (κ1) is 23.3. The number of ether oxygens (including phenoxy) is 2. The zero-order valence-electron chi connectivity index (χ0n) is 18.4. The van der Waals surface area contributed by atoms with Crippen LogP contribution in [-0.2, 0) is 9.59 Å². The number of likely N-dealkylation sites (tertiary alicyclic amines) is 1. The van der Waals surface area contributed by atoms with Crippen LogP contribution in [0.2, 0.25) is 0 Å². The van der Waals surface area contributed by atoms with Crippen molar-refractivity contribution in [2.24, 2.45) is 0 Å². The van der Waals surface area contributed by atoms with E-state index in [1.165, 1.54) is 4.90 Å². The van der Waals surface area contributed by atoms with Gasteiger partial charge < -0.3 is 24.6 Å². The quantitative estimate of drug-likeness (QED) is 0.333. The number of amides is 1. The lowest BCUT2D eigenvalue weighted by molar-refractivity contribution is -0.140. The molecule has 2 aromatic rings. The fraction of sp³-hybridized carbons (Fsp3) is 0.360. The van der Waals surface area contributed by atoms with E-state index in [9.17, 15) is 19.8 Å². The summed E-state index contributed by atoms with van der Waals surface area (Å²) in [6.45, 7) is 4.70. The van der Waals surface area contributed by atoms with Crippen LogP contribution in [-0.4, -0.2) is 53.2 Å². The molecule has 0 aliphatic carbocycles. The lowest BCUT2D eigenvalue weighted by atomic mass is 9.95. The number of Topliss-reactive ketones (excluding diaryl/α,β-unsaturated/α-hetero) is 1. The molecule has 1 heterocycles. The Bertz CT molecular complexity index is 999. The molecule has 1 amide bonds. The first-order valence-corrected chi connectivity index (χ1v) is 10.9. The van der Waals surface area contributed by atoms with Crippen molar-refractivity contribution >= 4 is 17.4 Å². The Kier molecular flexibility index (Phi) is 7.89. The fourth-order valence-corrected chi connectivity index (χ4v) is 3.67. The minimum Gasteiger partial charge on any atom is -0.507 e. The first-order chi connectivity index (χ1) is 15.5. The standard InChI is InChI=1S/C25H29NO6/c1-3-13-31-19-9-5-7-17(15-19)22-21(24(29)25(30)26(22)11-12-27)23(28)18-8-6-10-20(16-18)32-14-4-2/h5-10,15-16,22,27-28H,3-4,11-14H2,1-2H3/b23-21+. The van der Waals surface area contributed by atoms with Crippen molar-refractivity contribution in [3.05, 3.63) is 65.2 Å². The van der Waals surface area contributed by atoms with E-state index in [0.29, 0.717) is 35.8 Å². The van der Waals surface area contributed by atoms with Gasteiger partial charge in [-0.2, -0.15) is 0 Å². The summed E-state index contributed by atoms with van der Waals surface area (Å²) in [5, 5.41) is 20.6. The summed E-state index contributed by atoms with van der Waals surface area (Å²) < 4.78 is 11.3. The van der Waals surface area contributed by atoms with Crippen LogP contribution in [0.3, 0.4) is 0 Å². The number of hydrogen-bond donors (Lipinski definition) is 2. The molecule has 7 nitrogen and oxygen atoms in total. The maximum absolute atomic E-state index is 12.9. The first-order valence-electron chi connectivity index (χ1n) is 10.9. The molecule has 2 aromatic carbocycles. The van der Waals surface area contributed by atoms with Crippen LogP contribution in [0.1, 0.15) is 43.9 Å². The van der Waals surface area contributed by atoms with Crippen LogP contribution in [0.15, 0.2) is 54.1 Å². The molecule has 1 aliphatic heterocycles. The van der Waals surface area contributed by atoms with Crippen molar-refractivity contribution < 1.29 is 29.3 Å². The molecule has 1 saturated heterocycles. The van der Waals surface area contributed by atoms with E-state index in [1.54, 1.807) is 48.5 Å². The number of rotatable bonds is 10. The molecule has 7 heteroatoms. The molecule has 2 N–H and O–H groups in total. The van der Waals surface area contributed by atoms with Gasteiger partial charge in [-0.15, -0.1) is 0 Å². The van der Waals surface area contributed by atoms with Gasteiger partial charge in [-0.25, -0.2) is 0 Å². The van der Waals surface area contributed by atoms with E-state index < -0.39 is 17.7 Å². The second-order valence-electron chi connectivity index (χ2n) is 7.51. The van der Waals surface area contributed by atoms with Crippen LogP contribution in [0.4, 0.5) is 0 Å². The Labute approximate surface area is 187 Å². The molecule has 1 unspecified atom stereocenters. The van der Waals surface area contributed by atoms with Crippen LogP contribution >= 0.6 is 0 Å². The number of hydrogen-bond acceptors (Lipinski definition) is 6. The third-order valence-electron chi connectivity index (χ3n) is 5.11. The number of nitrogens with zero attached hydrogens (tertiary/aromatic N) is 1. The highest BCUT2D eigenvalue weighted by atomic mass is 16.5. The number of aliphatic hydroxyl groups is 2. The highest BCUT2D eigenvalue weighted by molar-refractivity contribution is 6.46. The summed E-state index contributed by atoms with van der Waals surface area (Å²) in [6, 6.07) is 13.0. The fourth-order valence-electron chi connectivity index (χ4n) is 3.67. The van der Waals surface area contributed by atoms with Gasteiger partial charge in [-0.1, -0.05) is 38.1 Å². The van der Waals surface area contributed by atoms with Crippen molar-refractivity contribution in [3.63, 3.8) is 0 Å². The molecule has 1 atom stereocenters. The zero-order chi connectivity index (χ0) is 23.1. The second kappa shape index (κ2) is 10.8. The van der Waals surface area contributed by atoms with Crippen LogP contribution in [0.25, 0.3) is 5.76 Å². The molecule has 0 saturated carbocycles. The van der Waals surface area contributed by atoms with E-state index in [4.69, 9.17) is 9.47 Å². The number of benzene rings is 2. The van der Waals surface area contributed by atoms with Crippen LogP contribution in [0, 0.1) is 0 Å². The van der Waals surface area contributed by atoms with Crippen LogP contribution in [0.5, 0.6) is 11.5 Å². The monoisotopic (exact) mass is 439 g/mol. The Morgan fingerprint density at radius 3 is 2.22 bits per heavy atom. The molecule has 0 aromatic heterocycles. The Morgan fingerprint density at radius 2 is 1.59 bits per heavy atom. The largest absolute Gasteiger partial charge is 0.507 e. The predicted octanol–water partition coefficient (Wildman–Crippen LogP) is 3.68. The molecule has 0 radical (unpaired) electrons. The van der Waals surface area contributed by atoms with Gasteiger partial charge in [0.2, 0.25) is 0 Å². The average Bonchev–Trinajstić information content (AvgIpc) is 3.06. The van der Waals surface area contributed by atoms with E-state index in [-0.39, 0.29) is 24.5 Å². The topological polar surface area (TPSA) is 96.3 Å². The summed E-state index contributed by atoms with van der Waals surface area (Å²) in [5.41, 5.74) is 0.971. The number of aliphatic hydroxyl groups excluding tert-OH is 2. The molecule has 170 valence electrons. The zero-order valence-corrected chi connectivity index (χ0v) is 18.4. The molecular formula is C25H29NO6. The highest BCUT2D eigenvalue weighted by Gasteiger charge is 2.45. The number of carbonyl (C=O) groups excluding carboxylic acids is 2. The Morgan fingerprint density at radius 1 is 0.969 bits per heavy atom. The van der Waals surface area contributed by atoms with E-state index in [1.807, 2.05) is 13.8 Å². The van der Waals surface area contributed by atoms with E-state index in [0.717, 1.165) is 12.8 Å². The average molecular weight is 440 g/mol. The summed E-state index contributed by atoms with van der Waals surface area (Å²) in [7, 11) is 0. The molecular weight excluding hydrogens is 410 g/mol. The van der Waals surface area contributed by atoms with Crippen molar-refractivity contribution in [1.29, 1.82) is 0 Å². The molecule has 3 rings (SSSR count). The SMILES string of the molecule is CCCOc1cccc(/C(O)=C2\C(=O)C(=O)N(CCO)C2c2cccc(OCCC)c2)c1. The molecule has 32 heavy (non-hydrogen) atoms. The molecule has 0 spiro atoms. The third-order valence-corrected chi connectivity index (χ3v) is 5.11. The van der Waals surface area contributed by atoms with Gasteiger partial charge in [0.25, 0.3) is 11.7 Å². The number of ketones is 1. The van der Waals surface area contributed by atoms with Crippen LogP contribution < -0.4 is 9.47 Å². The van der Waals surface area contributed by atoms with Crippen molar-refractivity contribution in [1.82, 2.24) is 4.90 Å². The van der Waals surface area contributed by atoms with Gasteiger partial charge in [0.15, 0.2) is 0 Å². The summed E-state index contributed by atoms with van der Waals surface area (Å²) >= 11 is 0. The number of β-amino-alcohol motifs (C(OH)–C–C–N with tert-alkyl or cyclic N) is 1. The molecule has 1 aliphatic rings. The lowest BCUT2D eigenvalue weighted by Gasteiger charge is -2.25. The van der Waals surface area contributed by atoms with Gasteiger partial charge in [0.1, 0.15) is 17.3 Å². The minimum absolute atomic E-state index is 0.0243. The van der Waals surface area contributed by atoms with E-state index >= 15 is 0 Å². The smallest absolute Gasteiger partial charge is 0.295 e. The van der Waals surface area contributed by atoms with Gasteiger partial charge >= 0.3 is 0 Å². The Balaban J connectivity index is 2.09.